The number of nitrogens with zero attached hydrogens (tertiary/aromatic N) is 1. The number of hydrogen-bond donors (Lipinski definition) is 13. The van der Waals surface area contributed by atoms with Crippen LogP contribution in [0.25, 0.3) is 0 Å². The number of amidine groups is 1. The highest BCUT2D eigenvalue weighted by molar-refractivity contribution is 5.84. The zero-order valence-electron chi connectivity index (χ0n) is 24.1. The molecule has 2 saturated heterocycles. The fourth-order valence-corrected chi connectivity index (χ4v) is 5.45. The molecular weight excluding hydrogens is 574 g/mol. The Bertz CT molecular complexity index is 864. The Balaban J connectivity index is 1.79. The second kappa shape index (κ2) is 16.9. The zero-order chi connectivity index (χ0) is 31.8. The van der Waals surface area contributed by atoms with Crippen molar-refractivity contribution in [2.75, 3.05) is 32.8 Å². The fraction of sp³-hybridized carbons (Fsp3) is 0.960. The van der Waals surface area contributed by atoms with Crippen LogP contribution in [-0.4, -0.2) is 166 Å². The monoisotopic (exact) mass is 625 g/mol. The Hall–Kier alpha value is -1.17. The van der Waals surface area contributed by atoms with Crippen molar-refractivity contribution in [1.82, 2.24) is 5.32 Å². The second-order valence-electron chi connectivity index (χ2n) is 11.5. The van der Waals surface area contributed by atoms with E-state index in [-0.39, 0.29) is 44.5 Å². The van der Waals surface area contributed by atoms with Crippen LogP contribution in [0.1, 0.15) is 25.7 Å². The number of ether oxygens (including phenoxy) is 4. The molecule has 2 heterocycles. The predicted molar refractivity (Wildman–Crippen MR) is 151 cm³/mol. The van der Waals surface area contributed by atoms with Crippen LogP contribution in [0.5, 0.6) is 0 Å². The third kappa shape index (κ3) is 9.42. The third-order valence-electron chi connectivity index (χ3n) is 8.07. The molecule has 0 amide bonds. The summed E-state index contributed by atoms with van der Waals surface area (Å²) in [5.41, 5.74) is 30.2. The molecule has 0 aromatic heterocycles. The first-order chi connectivity index (χ1) is 20.4. The fourth-order valence-electron chi connectivity index (χ4n) is 5.45. The molecule has 0 aromatic rings. The van der Waals surface area contributed by atoms with E-state index in [0.717, 1.165) is 0 Å². The lowest BCUT2D eigenvalue weighted by Crippen LogP contribution is -2.66. The molecule has 2 aliphatic heterocycles. The molecule has 18 N–H and O–H groups in total. The minimum atomic E-state index is -1.54. The predicted octanol–water partition coefficient (Wildman–Crippen LogP) is -7.17. The average Bonchev–Trinajstić information content (AvgIpc) is 2.98. The molecule has 0 spiro atoms. The molecule has 43 heavy (non-hydrogen) atoms. The molecule has 18 nitrogen and oxygen atoms in total. The summed E-state index contributed by atoms with van der Waals surface area (Å²) in [6.07, 6.45) is -11.5. The van der Waals surface area contributed by atoms with Crippen molar-refractivity contribution < 1.29 is 54.7 Å². The van der Waals surface area contributed by atoms with Crippen LogP contribution < -0.4 is 34.0 Å². The van der Waals surface area contributed by atoms with Gasteiger partial charge < -0.3 is 88.7 Å². The SMILES string of the molecule is NCCC(O)C(N)=NC1CC(N)C(OC2OC(CNCC(O)CO)CCC2N)C(O)C1OC1OC(CO)C(O)C(N)C1O. The number of nitrogens with two attached hydrogens (primary N) is 5. The van der Waals surface area contributed by atoms with Crippen LogP contribution in [0, 0.1) is 0 Å². The molecule has 3 aliphatic rings. The quantitative estimate of drug-likeness (QED) is 0.0629. The summed E-state index contributed by atoms with van der Waals surface area (Å²) >= 11 is 0. The van der Waals surface area contributed by atoms with Gasteiger partial charge >= 0.3 is 0 Å². The van der Waals surface area contributed by atoms with Gasteiger partial charge in [-0.1, -0.05) is 0 Å². The van der Waals surface area contributed by atoms with Crippen LogP contribution >= 0.6 is 0 Å². The summed E-state index contributed by atoms with van der Waals surface area (Å²) in [6.45, 7) is -0.335. The zero-order valence-corrected chi connectivity index (χ0v) is 24.1. The number of aliphatic imine (C=N–C) groups is 1. The molecule has 0 bridgehead atoms. The van der Waals surface area contributed by atoms with Gasteiger partial charge in [-0.15, -0.1) is 0 Å². The van der Waals surface area contributed by atoms with Crippen LogP contribution in [0.4, 0.5) is 0 Å². The van der Waals surface area contributed by atoms with Gasteiger partial charge in [-0.3, -0.25) is 4.99 Å². The largest absolute Gasteiger partial charge is 0.394 e. The average molecular weight is 626 g/mol. The van der Waals surface area contributed by atoms with Crippen LogP contribution in [0.3, 0.4) is 0 Å². The molecule has 15 unspecified atom stereocenters. The lowest BCUT2D eigenvalue weighted by atomic mass is 9.83. The highest BCUT2D eigenvalue weighted by atomic mass is 16.7. The highest BCUT2D eigenvalue weighted by Gasteiger charge is 2.51. The lowest BCUT2D eigenvalue weighted by Gasteiger charge is -2.47. The maximum atomic E-state index is 11.5. The second-order valence-corrected chi connectivity index (χ2v) is 11.5. The number of aliphatic hydroxyl groups excluding tert-OH is 7. The molecular formula is C25H51N7O11. The first kappa shape index (κ1) is 36.3. The van der Waals surface area contributed by atoms with Gasteiger partial charge in [0.15, 0.2) is 12.6 Å². The van der Waals surface area contributed by atoms with Gasteiger partial charge in [0.1, 0.15) is 48.6 Å². The molecule has 18 heteroatoms. The van der Waals surface area contributed by atoms with Crippen LogP contribution in [0.2, 0.25) is 0 Å². The van der Waals surface area contributed by atoms with E-state index in [9.17, 15) is 30.6 Å². The summed E-state index contributed by atoms with van der Waals surface area (Å²) in [6, 6.07) is -3.56. The molecule has 1 aliphatic carbocycles. The molecule has 0 radical (unpaired) electrons. The Kier molecular flexibility index (Phi) is 14.3. The Morgan fingerprint density at radius 3 is 2.28 bits per heavy atom. The molecule has 252 valence electrons. The topological polar surface area (TPSA) is 333 Å². The normalized spacial score (nSPS) is 42.5. The molecule has 3 fully saturated rings. The summed E-state index contributed by atoms with van der Waals surface area (Å²) < 4.78 is 23.7. The summed E-state index contributed by atoms with van der Waals surface area (Å²) in [5, 5.41) is 74.0. The maximum absolute atomic E-state index is 11.5. The lowest BCUT2D eigenvalue weighted by molar-refractivity contribution is -0.312. The first-order valence-electron chi connectivity index (χ1n) is 14.7. The Morgan fingerprint density at radius 1 is 0.930 bits per heavy atom. The molecule has 0 aromatic carbocycles. The summed E-state index contributed by atoms with van der Waals surface area (Å²) in [5.74, 6) is -0.160. The smallest absolute Gasteiger partial charge is 0.186 e. The summed E-state index contributed by atoms with van der Waals surface area (Å²) in [4.78, 5) is 4.36. The van der Waals surface area contributed by atoms with Crippen molar-refractivity contribution in [1.29, 1.82) is 0 Å². The number of hydrogen-bond acceptors (Lipinski definition) is 17. The maximum Gasteiger partial charge on any atom is 0.186 e. The number of nitrogens with one attached hydrogen (secondary N) is 1. The van der Waals surface area contributed by atoms with Gasteiger partial charge in [-0.2, -0.15) is 0 Å². The van der Waals surface area contributed by atoms with Crippen molar-refractivity contribution in [3.05, 3.63) is 0 Å². The minimum absolute atomic E-state index is 0.0509. The molecule has 3 rings (SSSR count). The van der Waals surface area contributed by atoms with Gasteiger partial charge in [0.2, 0.25) is 0 Å². The third-order valence-corrected chi connectivity index (χ3v) is 8.07. The van der Waals surface area contributed by atoms with Gasteiger partial charge in [0.25, 0.3) is 0 Å². The van der Waals surface area contributed by atoms with Crippen molar-refractivity contribution in [3.63, 3.8) is 0 Å². The summed E-state index contributed by atoms with van der Waals surface area (Å²) in [7, 11) is 0. The van der Waals surface area contributed by atoms with E-state index >= 15 is 0 Å². The highest BCUT2D eigenvalue weighted by Crippen LogP contribution is 2.32. The van der Waals surface area contributed by atoms with E-state index in [1.54, 1.807) is 0 Å². The Labute approximate surface area is 250 Å². The van der Waals surface area contributed by atoms with E-state index in [4.69, 9.17) is 52.7 Å². The minimum Gasteiger partial charge on any atom is -0.394 e. The van der Waals surface area contributed by atoms with E-state index in [1.807, 2.05) is 0 Å². The Morgan fingerprint density at radius 2 is 1.63 bits per heavy atom. The van der Waals surface area contributed by atoms with E-state index < -0.39 is 92.2 Å². The van der Waals surface area contributed by atoms with Crippen molar-refractivity contribution >= 4 is 5.84 Å². The van der Waals surface area contributed by atoms with E-state index in [0.29, 0.717) is 19.4 Å². The van der Waals surface area contributed by atoms with Crippen molar-refractivity contribution in [2.45, 2.75) is 117 Å². The number of aliphatic hydroxyl groups is 7. The van der Waals surface area contributed by atoms with Crippen molar-refractivity contribution in [2.24, 2.45) is 33.7 Å². The van der Waals surface area contributed by atoms with E-state index in [1.165, 1.54) is 0 Å². The first-order valence-corrected chi connectivity index (χ1v) is 14.7. The standard InChI is InChI=1S/C25H51N7O11/c26-4-3-15(36)23(30)32-14-5-13(28)21(42-24-12(27)2-1-11(40-24)7-31-6-10(35)8-33)20(39)22(14)43-25-19(38)17(29)18(37)16(9-34)41-25/h10-22,24-25,31,33-39H,1-9,26-29H2,(H2,30,32). The van der Waals surface area contributed by atoms with Gasteiger partial charge in [-0.25, -0.2) is 0 Å². The number of rotatable bonds is 14. The van der Waals surface area contributed by atoms with Gasteiger partial charge in [0.05, 0.1) is 43.5 Å². The van der Waals surface area contributed by atoms with Crippen LogP contribution in [-0.2, 0) is 18.9 Å². The molecule has 1 saturated carbocycles. The van der Waals surface area contributed by atoms with Crippen molar-refractivity contribution in [3.8, 4) is 0 Å². The van der Waals surface area contributed by atoms with E-state index in [2.05, 4.69) is 10.3 Å². The van der Waals surface area contributed by atoms with Gasteiger partial charge in [-0.05, 0) is 32.2 Å². The molecule has 15 atom stereocenters. The van der Waals surface area contributed by atoms with Gasteiger partial charge in [0, 0.05) is 19.1 Å². The van der Waals surface area contributed by atoms with Crippen LogP contribution in [0.15, 0.2) is 4.99 Å².